The number of aliphatic hydroxyl groups excluding tert-OH is 1. The Kier molecular flexibility index (Phi) is 6.30. The first-order chi connectivity index (χ1) is 12.0. The summed E-state index contributed by atoms with van der Waals surface area (Å²) < 4.78 is 10.1. The third-order valence-electron chi connectivity index (χ3n) is 3.41. The number of methoxy groups -OCH3 is 1. The van der Waals surface area contributed by atoms with Gasteiger partial charge >= 0.3 is 6.09 Å². The summed E-state index contributed by atoms with van der Waals surface area (Å²) in [5, 5.41) is 22.9. The number of nitrogens with zero attached hydrogens (tertiary/aromatic N) is 2. The van der Waals surface area contributed by atoms with E-state index in [1.165, 1.54) is 12.4 Å². The summed E-state index contributed by atoms with van der Waals surface area (Å²) in [7, 11) is 1.57. The van der Waals surface area contributed by atoms with Gasteiger partial charge in [0.15, 0.2) is 0 Å². The minimum Gasteiger partial charge on any atom is -0.505 e. The third kappa shape index (κ3) is 4.92. The largest absolute Gasteiger partial charge is 0.505 e. The molecule has 0 fully saturated rings. The summed E-state index contributed by atoms with van der Waals surface area (Å²) in [6.45, 7) is 1.38. The van der Waals surface area contributed by atoms with E-state index in [4.69, 9.17) is 9.47 Å². The number of benzene rings is 1. The number of rotatable bonds is 6. The van der Waals surface area contributed by atoms with Crippen LogP contribution >= 0.6 is 0 Å². The molecule has 0 saturated heterocycles. The number of aliphatic hydroxyl groups is 1. The molecule has 8 heteroatoms. The molecule has 1 aromatic carbocycles. The van der Waals surface area contributed by atoms with Crippen molar-refractivity contribution in [3.63, 3.8) is 0 Å². The van der Waals surface area contributed by atoms with Crippen molar-refractivity contribution in [1.29, 1.82) is 0 Å². The number of aryl methyl sites for hydroxylation is 1. The number of hydrazone groups is 1. The lowest BCUT2D eigenvalue weighted by Crippen LogP contribution is -2.19. The topological polar surface area (TPSA) is 113 Å². The molecule has 1 aromatic heterocycles. The average molecular weight is 345 g/mol. The molecule has 0 unspecified atom stereocenters. The van der Waals surface area contributed by atoms with Crippen LogP contribution in [0.5, 0.6) is 11.5 Å². The lowest BCUT2D eigenvalue weighted by atomic mass is 10.1. The van der Waals surface area contributed by atoms with Crippen molar-refractivity contribution in [2.24, 2.45) is 5.10 Å². The van der Waals surface area contributed by atoms with Crippen molar-refractivity contribution >= 4 is 12.3 Å². The highest BCUT2D eigenvalue weighted by atomic mass is 16.6. The Balaban J connectivity index is 1.91. The Morgan fingerprint density at radius 3 is 2.72 bits per heavy atom. The summed E-state index contributed by atoms with van der Waals surface area (Å²) in [4.78, 5) is 15.6. The molecule has 0 aliphatic carbocycles. The lowest BCUT2D eigenvalue weighted by Gasteiger charge is -2.07. The fourth-order valence-corrected chi connectivity index (χ4v) is 1.97. The number of hydrogen-bond donors (Lipinski definition) is 3. The number of carbonyl (C=O) groups excluding carboxylic acids is 1. The van der Waals surface area contributed by atoms with Crippen LogP contribution in [-0.4, -0.2) is 34.6 Å². The zero-order chi connectivity index (χ0) is 18.2. The predicted molar refractivity (Wildman–Crippen MR) is 90.5 cm³/mol. The van der Waals surface area contributed by atoms with Crippen LogP contribution in [0.1, 0.15) is 22.4 Å². The van der Waals surface area contributed by atoms with E-state index in [2.05, 4.69) is 15.5 Å². The van der Waals surface area contributed by atoms with Gasteiger partial charge in [-0.2, -0.15) is 5.10 Å². The molecule has 0 radical (unpaired) electrons. The van der Waals surface area contributed by atoms with Gasteiger partial charge in [0.05, 0.1) is 25.6 Å². The maximum absolute atomic E-state index is 11.6. The molecule has 2 aromatic rings. The maximum atomic E-state index is 11.6. The standard InChI is InChI=1S/C17H19N3O5/c1-11-16(22)15(13(9-21)7-18-11)8-19-20-17(23)25-10-12-3-5-14(24-2)6-4-12/h3-8,21-22H,9-10H2,1-2H3,(H,20,23)/b19-8+. The van der Waals surface area contributed by atoms with E-state index in [9.17, 15) is 15.0 Å². The minimum absolute atomic E-state index is 0.0762. The predicted octanol–water partition coefficient (Wildman–Crippen LogP) is 1.86. The van der Waals surface area contributed by atoms with Crippen molar-refractivity contribution in [2.75, 3.05) is 7.11 Å². The highest BCUT2D eigenvalue weighted by Gasteiger charge is 2.09. The van der Waals surface area contributed by atoms with E-state index in [1.54, 1.807) is 38.3 Å². The van der Waals surface area contributed by atoms with Gasteiger partial charge in [-0.1, -0.05) is 12.1 Å². The van der Waals surface area contributed by atoms with Crippen molar-refractivity contribution in [3.05, 3.63) is 52.8 Å². The normalized spacial score (nSPS) is 10.7. The molecule has 0 atom stereocenters. The van der Waals surface area contributed by atoms with Crippen molar-refractivity contribution in [1.82, 2.24) is 10.4 Å². The van der Waals surface area contributed by atoms with E-state index in [-0.39, 0.29) is 24.5 Å². The molecular weight excluding hydrogens is 326 g/mol. The molecule has 1 heterocycles. The fraction of sp³-hybridized carbons (Fsp3) is 0.235. The van der Waals surface area contributed by atoms with Gasteiger partial charge in [0.2, 0.25) is 0 Å². The molecule has 132 valence electrons. The average Bonchev–Trinajstić information content (AvgIpc) is 2.64. The Labute approximate surface area is 144 Å². The highest BCUT2D eigenvalue weighted by Crippen LogP contribution is 2.21. The number of amides is 1. The SMILES string of the molecule is COc1ccc(COC(=O)N/N=C/c2c(CO)cnc(C)c2O)cc1. The van der Waals surface area contributed by atoms with Gasteiger partial charge in [-0.3, -0.25) is 4.98 Å². The summed E-state index contributed by atoms with van der Waals surface area (Å²) in [6, 6.07) is 7.08. The van der Waals surface area contributed by atoms with Gasteiger partial charge in [-0.05, 0) is 24.6 Å². The maximum Gasteiger partial charge on any atom is 0.428 e. The molecule has 0 spiro atoms. The first-order valence-electron chi connectivity index (χ1n) is 7.42. The molecule has 0 bridgehead atoms. The second-order valence-electron chi connectivity index (χ2n) is 5.08. The highest BCUT2D eigenvalue weighted by molar-refractivity contribution is 5.86. The molecule has 0 aliphatic heterocycles. The van der Waals surface area contributed by atoms with Crippen molar-refractivity contribution in [2.45, 2.75) is 20.1 Å². The van der Waals surface area contributed by atoms with Crippen LogP contribution in [0.2, 0.25) is 0 Å². The van der Waals surface area contributed by atoms with Gasteiger partial charge < -0.3 is 19.7 Å². The lowest BCUT2D eigenvalue weighted by molar-refractivity contribution is 0.140. The van der Waals surface area contributed by atoms with E-state index in [0.29, 0.717) is 17.0 Å². The van der Waals surface area contributed by atoms with Crippen LogP contribution in [-0.2, 0) is 18.0 Å². The van der Waals surface area contributed by atoms with Gasteiger partial charge in [0.1, 0.15) is 18.1 Å². The van der Waals surface area contributed by atoms with Gasteiger partial charge in [0, 0.05) is 17.3 Å². The van der Waals surface area contributed by atoms with Crippen LogP contribution in [0.15, 0.2) is 35.6 Å². The number of carbonyl (C=O) groups is 1. The smallest absolute Gasteiger partial charge is 0.428 e. The summed E-state index contributed by atoms with van der Waals surface area (Å²) in [5.41, 5.74) is 4.05. The van der Waals surface area contributed by atoms with Crippen LogP contribution in [0.3, 0.4) is 0 Å². The molecular formula is C17H19N3O5. The zero-order valence-corrected chi connectivity index (χ0v) is 13.9. The number of aromatic hydroxyl groups is 1. The number of pyridine rings is 1. The van der Waals surface area contributed by atoms with E-state index in [0.717, 1.165) is 5.56 Å². The Morgan fingerprint density at radius 1 is 1.36 bits per heavy atom. The quantitative estimate of drug-likeness (QED) is 0.544. The second-order valence-corrected chi connectivity index (χ2v) is 5.08. The van der Waals surface area contributed by atoms with Crippen molar-refractivity contribution in [3.8, 4) is 11.5 Å². The van der Waals surface area contributed by atoms with E-state index >= 15 is 0 Å². The minimum atomic E-state index is -0.747. The Hall–Kier alpha value is -3.13. The van der Waals surface area contributed by atoms with Crippen molar-refractivity contribution < 1.29 is 24.5 Å². The fourth-order valence-electron chi connectivity index (χ4n) is 1.97. The molecule has 3 N–H and O–H groups in total. The molecule has 0 aliphatic rings. The number of hydrogen-bond acceptors (Lipinski definition) is 7. The molecule has 2 rings (SSSR count). The summed E-state index contributed by atoms with van der Waals surface area (Å²) >= 11 is 0. The molecule has 0 saturated carbocycles. The molecule has 8 nitrogen and oxygen atoms in total. The second kappa shape index (κ2) is 8.65. The number of nitrogens with one attached hydrogen (secondary N) is 1. The monoisotopic (exact) mass is 345 g/mol. The zero-order valence-electron chi connectivity index (χ0n) is 13.9. The summed E-state index contributed by atoms with van der Waals surface area (Å²) in [6.07, 6.45) is 1.91. The van der Waals surface area contributed by atoms with Gasteiger partial charge in [-0.25, -0.2) is 10.2 Å². The van der Waals surface area contributed by atoms with E-state index in [1.807, 2.05) is 0 Å². The van der Waals surface area contributed by atoms with E-state index < -0.39 is 6.09 Å². The third-order valence-corrected chi connectivity index (χ3v) is 3.41. The molecule has 1 amide bonds. The van der Waals surface area contributed by atoms with Gasteiger partial charge in [-0.15, -0.1) is 0 Å². The Morgan fingerprint density at radius 2 is 2.08 bits per heavy atom. The van der Waals surface area contributed by atoms with Crippen LogP contribution < -0.4 is 10.2 Å². The van der Waals surface area contributed by atoms with Crippen LogP contribution in [0.25, 0.3) is 0 Å². The van der Waals surface area contributed by atoms with Crippen LogP contribution in [0, 0.1) is 6.92 Å². The number of aromatic nitrogens is 1. The summed E-state index contributed by atoms with van der Waals surface area (Å²) in [5.74, 6) is 0.605. The number of ether oxygens (including phenoxy) is 2. The first kappa shape index (κ1) is 18.2. The molecule has 25 heavy (non-hydrogen) atoms. The van der Waals surface area contributed by atoms with Gasteiger partial charge in [0.25, 0.3) is 0 Å². The first-order valence-corrected chi connectivity index (χ1v) is 7.42. The Bertz CT molecular complexity index is 760. The van der Waals surface area contributed by atoms with Crippen LogP contribution in [0.4, 0.5) is 4.79 Å².